The standard InChI is InChI=1S/C40H35N3O3S2/c1-28-34(39(45)42(40(46)35(28)27-41)24-10-2-3-11-25-44)26-33-20-21-37(47-33)38-23-22-36(48-38)29-16-18-32(19-17-29)43(30-12-6-4-7-13-30)31-14-8-5-9-15-31/h4-9,12-23,26,44H,2-3,10-11,24-25H2,1H3. The number of unbranched alkanes of at least 4 members (excludes halogenated alkanes) is 3. The van der Waals surface area contributed by atoms with Gasteiger partial charge in [0.05, 0.1) is 0 Å². The van der Waals surface area contributed by atoms with Crippen LogP contribution in [0.4, 0.5) is 17.1 Å². The minimum Gasteiger partial charge on any atom is -0.396 e. The Kier molecular flexibility index (Phi) is 10.4. The minimum absolute atomic E-state index is 0.0116. The second kappa shape index (κ2) is 15.2. The number of aliphatic hydroxyl groups is 1. The highest BCUT2D eigenvalue weighted by atomic mass is 32.1. The molecule has 0 bridgehead atoms. The molecule has 3 heterocycles. The quantitative estimate of drug-likeness (QED) is 0.0812. The van der Waals surface area contributed by atoms with E-state index in [4.69, 9.17) is 5.11 Å². The van der Waals surface area contributed by atoms with Gasteiger partial charge >= 0.3 is 0 Å². The van der Waals surface area contributed by atoms with Gasteiger partial charge in [-0.2, -0.15) is 5.26 Å². The second-order valence-electron chi connectivity index (χ2n) is 11.5. The molecule has 0 fully saturated rings. The van der Waals surface area contributed by atoms with Crippen LogP contribution in [0.5, 0.6) is 0 Å². The van der Waals surface area contributed by atoms with Crippen molar-refractivity contribution < 1.29 is 14.7 Å². The summed E-state index contributed by atoms with van der Waals surface area (Å²) in [5.41, 5.74) is 5.20. The summed E-state index contributed by atoms with van der Waals surface area (Å²) >= 11 is 3.29. The molecule has 0 atom stereocenters. The van der Waals surface area contributed by atoms with Crippen LogP contribution in [0.3, 0.4) is 0 Å². The normalized spacial score (nSPS) is 14.1. The lowest BCUT2D eigenvalue weighted by Crippen LogP contribution is -2.43. The van der Waals surface area contributed by atoms with E-state index in [9.17, 15) is 14.9 Å². The number of para-hydroxylation sites is 2. The minimum atomic E-state index is -0.529. The summed E-state index contributed by atoms with van der Waals surface area (Å²) in [6, 6.07) is 39.6. The van der Waals surface area contributed by atoms with Crippen LogP contribution in [0.15, 0.2) is 126 Å². The Hall–Kier alpha value is -5.07. The molecule has 0 aliphatic carbocycles. The number of aliphatic hydroxyl groups excluding tert-OH is 1. The highest BCUT2D eigenvalue weighted by Gasteiger charge is 2.35. The monoisotopic (exact) mass is 669 g/mol. The molecule has 240 valence electrons. The average molecular weight is 670 g/mol. The van der Waals surface area contributed by atoms with Crippen LogP contribution in [-0.2, 0) is 9.59 Å². The fourth-order valence-electron chi connectivity index (χ4n) is 5.77. The lowest BCUT2D eigenvalue weighted by molar-refractivity contribution is -0.140. The molecule has 6 rings (SSSR count). The zero-order valence-corrected chi connectivity index (χ0v) is 28.3. The van der Waals surface area contributed by atoms with Crippen LogP contribution in [0.25, 0.3) is 26.3 Å². The number of benzene rings is 3. The number of carbonyl (C=O) groups is 2. The molecular weight excluding hydrogens is 635 g/mol. The predicted molar refractivity (Wildman–Crippen MR) is 196 cm³/mol. The van der Waals surface area contributed by atoms with Crippen molar-refractivity contribution in [3.8, 4) is 26.3 Å². The molecule has 5 aromatic rings. The third-order valence-electron chi connectivity index (χ3n) is 8.32. The van der Waals surface area contributed by atoms with Gasteiger partial charge in [-0.3, -0.25) is 14.5 Å². The molecule has 1 N–H and O–H groups in total. The summed E-state index contributed by atoms with van der Waals surface area (Å²) in [6.07, 6.45) is 4.74. The Morgan fingerprint density at radius 1 is 0.708 bits per heavy atom. The van der Waals surface area contributed by atoms with E-state index >= 15 is 0 Å². The maximum absolute atomic E-state index is 13.5. The van der Waals surface area contributed by atoms with Crippen molar-refractivity contribution >= 4 is 57.6 Å². The molecule has 0 radical (unpaired) electrons. The van der Waals surface area contributed by atoms with Gasteiger partial charge in [-0.15, -0.1) is 22.7 Å². The molecule has 1 aliphatic heterocycles. The Morgan fingerprint density at radius 3 is 1.94 bits per heavy atom. The smallest absolute Gasteiger partial charge is 0.271 e. The second-order valence-corrected chi connectivity index (χ2v) is 13.7. The van der Waals surface area contributed by atoms with Crippen LogP contribution < -0.4 is 4.90 Å². The number of anilines is 3. The van der Waals surface area contributed by atoms with Crippen molar-refractivity contribution in [3.63, 3.8) is 0 Å². The van der Waals surface area contributed by atoms with E-state index in [2.05, 4.69) is 71.6 Å². The SMILES string of the molecule is CC1=C(C#N)C(=O)N(CCCCCCO)C(=O)C1=Cc1ccc(-c2ccc(-c3ccc(N(c4ccccc4)c4ccccc4)cc3)s2)s1. The van der Waals surface area contributed by atoms with E-state index in [1.807, 2.05) is 48.5 Å². The van der Waals surface area contributed by atoms with Crippen molar-refractivity contribution in [2.75, 3.05) is 18.1 Å². The van der Waals surface area contributed by atoms with E-state index in [0.717, 1.165) is 55.0 Å². The molecular formula is C40H35N3O3S2. The summed E-state index contributed by atoms with van der Waals surface area (Å²) in [5.74, 6) is -0.897. The van der Waals surface area contributed by atoms with Crippen LogP contribution in [-0.4, -0.2) is 35.0 Å². The third kappa shape index (κ3) is 7.09. The number of amides is 2. The lowest BCUT2D eigenvalue weighted by Gasteiger charge is -2.27. The largest absolute Gasteiger partial charge is 0.396 e. The van der Waals surface area contributed by atoms with Gasteiger partial charge in [-0.1, -0.05) is 61.4 Å². The molecule has 8 heteroatoms. The molecule has 0 unspecified atom stereocenters. The maximum atomic E-state index is 13.5. The van der Waals surface area contributed by atoms with Gasteiger partial charge < -0.3 is 10.0 Å². The van der Waals surface area contributed by atoms with Crippen molar-refractivity contribution in [3.05, 3.63) is 131 Å². The topological polar surface area (TPSA) is 84.6 Å². The van der Waals surface area contributed by atoms with Gasteiger partial charge in [0, 0.05) is 55.3 Å². The van der Waals surface area contributed by atoms with E-state index in [-0.39, 0.29) is 24.6 Å². The third-order valence-corrected chi connectivity index (χ3v) is 10.7. The van der Waals surface area contributed by atoms with Crippen LogP contribution >= 0.6 is 22.7 Å². The fraction of sp³-hybridized carbons (Fsp3) is 0.175. The first-order valence-electron chi connectivity index (χ1n) is 16.0. The molecule has 1 aliphatic rings. The van der Waals surface area contributed by atoms with Crippen molar-refractivity contribution in [2.24, 2.45) is 0 Å². The Labute approximate surface area is 289 Å². The Balaban J connectivity index is 1.21. The number of imide groups is 1. The number of nitrogens with zero attached hydrogens (tertiary/aromatic N) is 3. The van der Waals surface area contributed by atoms with E-state index in [0.29, 0.717) is 24.0 Å². The van der Waals surface area contributed by atoms with Crippen molar-refractivity contribution in [1.82, 2.24) is 4.90 Å². The number of nitriles is 1. The van der Waals surface area contributed by atoms with Gasteiger partial charge in [0.15, 0.2) is 0 Å². The van der Waals surface area contributed by atoms with Gasteiger partial charge in [-0.25, -0.2) is 0 Å². The molecule has 3 aromatic carbocycles. The predicted octanol–water partition coefficient (Wildman–Crippen LogP) is 9.76. The molecule has 0 saturated heterocycles. The zero-order valence-electron chi connectivity index (χ0n) is 26.6. The summed E-state index contributed by atoms with van der Waals surface area (Å²) < 4.78 is 0. The van der Waals surface area contributed by atoms with Crippen molar-refractivity contribution in [2.45, 2.75) is 32.6 Å². The molecule has 0 saturated carbocycles. The van der Waals surface area contributed by atoms with Gasteiger partial charge in [-0.05, 0) is 97.6 Å². The Bertz CT molecular complexity index is 1960. The first-order chi connectivity index (χ1) is 23.5. The first kappa shape index (κ1) is 32.9. The fourth-order valence-corrected chi connectivity index (χ4v) is 7.83. The van der Waals surface area contributed by atoms with Gasteiger partial charge in [0.1, 0.15) is 11.6 Å². The van der Waals surface area contributed by atoms with Crippen LogP contribution in [0.2, 0.25) is 0 Å². The summed E-state index contributed by atoms with van der Waals surface area (Å²) in [6.45, 7) is 2.05. The molecule has 0 spiro atoms. The highest BCUT2D eigenvalue weighted by Crippen LogP contribution is 2.40. The molecule has 2 aromatic heterocycles. The molecule has 2 amide bonds. The zero-order chi connectivity index (χ0) is 33.5. The van der Waals surface area contributed by atoms with Gasteiger partial charge in [0.25, 0.3) is 11.8 Å². The van der Waals surface area contributed by atoms with Gasteiger partial charge in [0.2, 0.25) is 0 Å². The number of carbonyl (C=O) groups excluding carboxylic acids is 2. The highest BCUT2D eigenvalue weighted by molar-refractivity contribution is 7.24. The number of rotatable bonds is 12. The summed E-state index contributed by atoms with van der Waals surface area (Å²) in [4.78, 5) is 34.1. The number of hydrogen-bond donors (Lipinski definition) is 1. The summed E-state index contributed by atoms with van der Waals surface area (Å²) in [7, 11) is 0. The van der Waals surface area contributed by atoms with Crippen molar-refractivity contribution in [1.29, 1.82) is 5.26 Å². The van der Waals surface area contributed by atoms with E-state index in [1.165, 1.54) is 4.90 Å². The van der Waals surface area contributed by atoms with Crippen LogP contribution in [0, 0.1) is 11.3 Å². The molecule has 48 heavy (non-hydrogen) atoms. The average Bonchev–Trinajstić information content (AvgIpc) is 3.80. The van der Waals surface area contributed by atoms with E-state index in [1.54, 1.807) is 35.7 Å². The lowest BCUT2D eigenvalue weighted by atomic mass is 9.94. The first-order valence-corrected chi connectivity index (χ1v) is 17.6. The van der Waals surface area contributed by atoms with Crippen LogP contribution in [0.1, 0.15) is 37.5 Å². The Morgan fingerprint density at radius 2 is 1.29 bits per heavy atom. The maximum Gasteiger partial charge on any atom is 0.271 e. The van der Waals surface area contributed by atoms with E-state index < -0.39 is 5.91 Å². The summed E-state index contributed by atoms with van der Waals surface area (Å²) in [5, 5.41) is 18.8. The number of hydrogen-bond acceptors (Lipinski definition) is 7. The number of thiophene rings is 2. The molecule has 6 nitrogen and oxygen atoms in total.